The number of nitrogens with zero attached hydrogens (tertiary/aromatic N) is 2. The molecule has 0 spiro atoms. The van der Waals surface area contributed by atoms with Gasteiger partial charge in [0.2, 0.25) is 0 Å². The van der Waals surface area contributed by atoms with Crippen molar-refractivity contribution >= 4 is 11.7 Å². The Labute approximate surface area is 62.9 Å². The Bertz CT molecular complexity index is 298. The van der Waals surface area contributed by atoms with E-state index in [0.29, 0.717) is 5.82 Å². The van der Waals surface area contributed by atoms with Crippen LogP contribution >= 0.6 is 0 Å². The van der Waals surface area contributed by atoms with Crippen LogP contribution in [0.25, 0.3) is 0 Å². The van der Waals surface area contributed by atoms with Crippen molar-refractivity contribution in [3.8, 4) is 0 Å². The van der Waals surface area contributed by atoms with Crippen molar-refractivity contribution in [1.82, 2.24) is 9.97 Å². The molecule has 0 saturated carbocycles. The van der Waals surface area contributed by atoms with E-state index in [1.807, 2.05) is 0 Å². The molecule has 0 unspecified atom stereocenters. The molecule has 0 saturated heterocycles. The molecule has 11 heavy (non-hydrogen) atoms. The Morgan fingerprint density at radius 1 is 1.73 bits per heavy atom. The Hall–Kier alpha value is -1.65. The third-order valence-corrected chi connectivity index (χ3v) is 1.14. The first-order valence-corrected chi connectivity index (χ1v) is 2.93. The topological polar surface area (TPSA) is 89.1 Å². The second-order valence-corrected chi connectivity index (χ2v) is 2.03. The van der Waals surface area contributed by atoms with E-state index in [9.17, 15) is 4.79 Å². The highest BCUT2D eigenvalue weighted by Crippen LogP contribution is 2.05. The number of hydrogen-bond donors (Lipinski definition) is 2. The summed E-state index contributed by atoms with van der Waals surface area (Å²) in [4.78, 5) is 17.8. The quantitative estimate of drug-likeness (QED) is 0.595. The molecule has 0 bridgehead atoms. The molecule has 1 aromatic heterocycles. The van der Waals surface area contributed by atoms with Crippen LogP contribution in [-0.4, -0.2) is 21.0 Å². The van der Waals surface area contributed by atoms with Crippen molar-refractivity contribution in [3.05, 3.63) is 17.7 Å². The van der Waals surface area contributed by atoms with Gasteiger partial charge in [0, 0.05) is 0 Å². The number of aromatic nitrogens is 2. The van der Waals surface area contributed by atoms with Crippen molar-refractivity contribution in [2.75, 3.05) is 5.73 Å². The Kier molecular flexibility index (Phi) is 1.72. The lowest BCUT2D eigenvalue weighted by Crippen LogP contribution is -2.07. The van der Waals surface area contributed by atoms with Gasteiger partial charge in [-0.25, -0.2) is 14.8 Å². The number of rotatable bonds is 1. The molecule has 0 aliphatic carbocycles. The summed E-state index contributed by atoms with van der Waals surface area (Å²) in [6.45, 7) is 1.60. The maximum Gasteiger partial charge on any atom is 0.356 e. The zero-order valence-electron chi connectivity index (χ0n) is 5.90. The number of nitrogens with two attached hydrogens (primary N) is 1. The smallest absolute Gasteiger partial charge is 0.356 e. The van der Waals surface area contributed by atoms with Crippen molar-refractivity contribution in [1.29, 1.82) is 0 Å². The van der Waals surface area contributed by atoms with Gasteiger partial charge in [0.05, 0.1) is 11.9 Å². The molecule has 58 valence electrons. The van der Waals surface area contributed by atoms with E-state index in [0.717, 1.165) is 0 Å². The largest absolute Gasteiger partial charge is 0.476 e. The van der Waals surface area contributed by atoms with Gasteiger partial charge in [-0.3, -0.25) is 0 Å². The Morgan fingerprint density at radius 2 is 2.36 bits per heavy atom. The molecule has 5 heteroatoms. The third-order valence-electron chi connectivity index (χ3n) is 1.14. The van der Waals surface area contributed by atoms with Gasteiger partial charge in [0.15, 0.2) is 5.69 Å². The zero-order valence-corrected chi connectivity index (χ0v) is 5.90. The van der Waals surface area contributed by atoms with Crippen molar-refractivity contribution < 1.29 is 9.90 Å². The standard InChI is InChI=1S/C6H7N3O2/c1-3-8-2-4(7)5(9-3)6(10)11/h2H,7H2,1H3,(H,10,11). The minimum atomic E-state index is -1.13. The number of carboxylic acid groups (broad SMARTS) is 1. The van der Waals surface area contributed by atoms with E-state index < -0.39 is 5.97 Å². The van der Waals surface area contributed by atoms with Crippen LogP contribution in [0.4, 0.5) is 5.69 Å². The number of anilines is 1. The number of nitrogen functional groups attached to an aromatic ring is 1. The second-order valence-electron chi connectivity index (χ2n) is 2.03. The fourth-order valence-corrected chi connectivity index (χ4v) is 0.651. The fraction of sp³-hybridized carbons (Fsp3) is 0.167. The van der Waals surface area contributed by atoms with Crippen LogP contribution in [0, 0.1) is 6.92 Å². The lowest BCUT2D eigenvalue weighted by molar-refractivity contribution is 0.0691. The van der Waals surface area contributed by atoms with Crippen LogP contribution in [-0.2, 0) is 0 Å². The number of hydrogen-bond acceptors (Lipinski definition) is 4. The van der Waals surface area contributed by atoms with Crippen LogP contribution < -0.4 is 5.73 Å². The molecule has 0 atom stereocenters. The molecular weight excluding hydrogens is 146 g/mol. The van der Waals surface area contributed by atoms with Gasteiger partial charge in [-0.15, -0.1) is 0 Å². The van der Waals surface area contributed by atoms with Gasteiger partial charge in [-0.1, -0.05) is 0 Å². The number of aryl methyl sites for hydroxylation is 1. The van der Waals surface area contributed by atoms with Gasteiger partial charge in [-0.05, 0) is 6.92 Å². The summed E-state index contributed by atoms with van der Waals surface area (Å²) < 4.78 is 0. The average Bonchev–Trinajstić information content (AvgIpc) is 1.94. The van der Waals surface area contributed by atoms with Crippen LogP contribution in [0.1, 0.15) is 16.3 Å². The SMILES string of the molecule is Cc1ncc(N)c(C(=O)O)n1. The molecule has 1 rings (SSSR count). The molecule has 0 radical (unpaired) electrons. The number of aromatic carboxylic acids is 1. The molecule has 1 aromatic rings. The lowest BCUT2D eigenvalue weighted by atomic mass is 10.3. The summed E-state index contributed by atoms with van der Waals surface area (Å²) in [6.07, 6.45) is 1.28. The lowest BCUT2D eigenvalue weighted by Gasteiger charge is -1.98. The third kappa shape index (κ3) is 1.43. The van der Waals surface area contributed by atoms with Crippen molar-refractivity contribution in [2.24, 2.45) is 0 Å². The first-order chi connectivity index (χ1) is 5.11. The minimum Gasteiger partial charge on any atom is -0.476 e. The minimum absolute atomic E-state index is 0.0862. The van der Waals surface area contributed by atoms with Crippen molar-refractivity contribution in [2.45, 2.75) is 6.92 Å². The zero-order chi connectivity index (χ0) is 8.43. The first-order valence-electron chi connectivity index (χ1n) is 2.93. The van der Waals surface area contributed by atoms with Crippen molar-refractivity contribution in [3.63, 3.8) is 0 Å². The Morgan fingerprint density at radius 3 is 2.82 bits per heavy atom. The molecule has 0 aliphatic heterocycles. The van der Waals surface area contributed by atoms with E-state index in [-0.39, 0.29) is 11.4 Å². The van der Waals surface area contributed by atoms with E-state index in [2.05, 4.69) is 9.97 Å². The normalized spacial score (nSPS) is 9.55. The Balaban J connectivity index is 3.23. The van der Waals surface area contributed by atoms with Gasteiger partial charge in [0.25, 0.3) is 0 Å². The monoisotopic (exact) mass is 153 g/mol. The van der Waals surface area contributed by atoms with Crippen LogP contribution in [0.15, 0.2) is 6.20 Å². The summed E-state index contributed by atoms with van der Waals surface area (Å²) in [6, 6.07) is 0. The summed E-state index contributed by atoms with van der Waals surface area (Å²) in [5.41, 5.74) is 5.23. The molecule has 0 fully saturated rings. The summed E-state index contributed by atoms with van der Waals surface area (Å²) in [5, 5.41) is 8.52. The highest BCUT2D eigenvalue weighted by atomic mass is 16.4. The predicted molar refractivity (Wildman–Crippen MR) is 38.1 cm³/mol. The molecule has 1 heterocycles. The average molecular weight is 153 g/mol. The van der Waals surface area contributed by atoms with E-state index >= 15 is 0 Å². The first kappa shape index (κ1) is 7.46. The maximum absolute atomic E-state index is 10.4. The predicted octanol–water partition coefficient (Wildman–Crippen LogP) is 0.0654. The highest BCUT2D eigenvalue weighted by molar-refractivity contribution is 5.90. The maximum atomic E-state index is 10.4. The van der Waals surface area contributed by atoms with E-state index in [1.54, 1.807) is 6.92 Å². The summed E-state index contributed by atoms with van der Waals surface area (Å²) >= 11 is 0. The van der Waals surface area contributed by atoms with Gasteiger partial charge < -0.3 is 10.8 Å². The second kappa shape index (κ2) is 2.53. The van der Waals surface area contributed by atoms with Crippen LogP contribution in [0.2, 0.25) is 0 Å². The fourth-order valence-electron chi connectivity index (χ4n) is 0.651. The van der Waals surface area contributed by atoms with E-state index in [4.69, 9.17) is 10.8 Å². The molecule has 5 nitrogen and oxygen atoms in total. The summed E-state index contributed by atoms with van der Waals surface area (Å²) in [5.74, 6) is -0.732. The number of carbonyl (C=O) groups is 1. The van der Waals surface area contributed by atoms with Gasteiger partial charge in [-0.2, -0.15) is 0 Å². The van der Waals surface area contributed by atoms with Crippen LogP contribution in [0.5, 0.6) is 0 Å². The molecule has 0 amide bonds. The van der Waals surface area contributed by atoms with Crippen LogP contribution in [0.3, 0.4) is 0 Å². The van der Waals surface area contributed by atoms with Gasteiger partial charge in [0.1, 0.15) is 5.82 Å². The molecule has 0 aromatic carbocycles. The van der Waals surface area contributed by atoms with Gasteiger partial charge >= 0.3 is 5.97 Å². The molecule has 3 N–H and O–H groups in total. The highest BCUT2D eigenvalue weighted by Gasteiger charge is 2.09. The number of carboxylic acids is 1. The molecular formula is C6H7N3O2. The summed E-state index contributed by atoms with van der Waals surface area (Å²) in [7, 11) is 0. The van der Waals surface area contributed by atoms with E-state index in [1.165, 1.54) is 6.20 Å². The molecule has 0 aliphatic rings.